The Morgan fingerprint density at radius 2 is 1.80 bits per heavy atom. The maximum Gasteiger partial charge on any atom is 0.0845 e. The van der Waals surface area contributed by atoms with Crippen molar-refractivity contribution in [3.05, 3.63) is 52.8 Å². The summed E-state index contributed by atoms with van der Waals surface area (Å²) in [4.78, 5) is 0. The predicted octanol–water partition coefficient (Wildman–Crippen LogP) is 3.30. The highest BCUT2D eigenvalue weighted by Gasteiger charge is 2.13. The highest BCUT2D eigenvalue weighted by atomic mass is 16.3. The van der Waals surface area contributed by atoms with Gasteiger partial charge in [0.25, 0.3) is 0 Å². The summed E-state index contributed by atoms with van der Waals surface area (Å²) in [6, 6.07) is 10.3. The van der Waals surface area contributed by atoms with Crippen molar-refractivity contribution in [3.8, 4) is 0 Å². The summed E-state index contributed by atoms with van der Waals surface area (Å²) in [5.74, 6) is 0. The lowest BCUT2D eigenvalue weighted by Gasteiger charge is -2.12. The fourth-order valence-corrected chi connectivity index (χ4v) is 2.42. The Bertz CT molecular complexity index is 543. The molecule has 1 aromatic carbocycles. The van der Waals surface area contributed by atoms with Crippen LogP contribution in [0.2, 0.25) is 0 Å². The van der Waals surface area contributed by atoms with Crippen molar-refractivity contribution < 1.29 is 5.11 Å². The van der Waals surface area contributed by atoms with Gasteiger partial charge >= 0.3 is 0 Å². The van der Waals surface area contributed by atoms with Crippen LogP contribution in [0.4, 0.5) is 0 Å². The lowest BCUT2D eigenvalue weighted by Crippen LogP contribution is -2.08. The topological polar surface area (TPSA) is 38.1 Å². The second kappa shape index (κ2) is 6.71. The van der Waals surface area contributed by atoms with Crippen molar-refractivity contribution in [1.29, 1.82) is 0 Å². The molecule has 2 aromatic rings. The molecule has 2 rings (SSSR count). The van der Waals surface area contributed by atoms with E-state index in [2.05, 4.69) is 44.1 Å². The highest BCUT2D eigenvalue weighted by molar-refractivity contribution is 5.25. The SMILES string of the molecule is CCc1ccc(C(O)Cc2cc(CC)nn2CC)cc1. The van der Waals surface area contributed by atoms with E-state index in [1.165, 1.54) is 5.56 Å². The van der Waals surface area contributed by atoms with Gasteiger partial charge in [-0.05, 0) is 37.0 Å². The predicted molar refractivity (Wildman–Crippen MR) is 81.8 cm³/mol. The van der Waals surface area contributed by atoms with Crippen molar-refractivity contribution in [2.24, 2.45) is 0 Å². The Balaban J connectivity index is 2.13. The van der Waals surface area contributed by atoms with Gasteiger partial charge in [-0.15, -0.1) is 0 Å². The van der Waals surface area contributed by atoms with Crippen LogP contribution in [-0.4, -0.2) is 14.9 Å². The van der Waals surface area contributed by atoms with E-state index >= 15 is 0 Å². The van der Waals surface area contributed by atoms with Gasteiger partial charge in [-0.1, -0.05) is 38.1 Å². The first-order valence-electron chi connectivity index (χ1n) is 7.50. The standard InChI is InChI=1S/C17H24N2O/c1-4-13-7-9-14(10-8-13)17(20)12-16-11-15(5-2)18-19(16)6-3/h7-11,17,20H,4-6,12H2,1-3H3. The summed E-state index contributed by atoms with van der Waals surface area (Å²) >= 11 is 0. The summed E-state index contributed by atoms with van der Waals surface area (Å²) in [6.45, 7) is 7.17. The van der Waals surface area contributed by atoms with Gasteiger partial charge in [0.05, 0.1) is 11.8 Å². The Hall–Kier alpha value is -1.61. The number of aliphatic hydroxyl groups excluding tert-OH is 1. The summed E-state index contributed by atoms with van der Waals surface area (Å²) in [6.07, 6.45) is 2.11. The van der Waals surface area contributed by atoms with E-state index in [0.29, 0.717) is 6.42 Å². The van der Waals surface area contributed by atoms with Gasteiger partial charge in [-0.2, -0.15) is 5.10 Å². The maximum atomic E-state index is 10.4. The Kier molecular flexibility index (Phi) is 4.96. The molecule has 108 valence electrons. The van der Waals surface area contributed by atoms with E-state index in [0.717, 1.165) is 36.3 Å². The Morgan fingerprint density at radius 3 is 2.35 bits per heavy atom. The summed E-state index contributed by atoms with van der Waals surface area (Å²) < 4.78 is 1.99. The molecule has 1 N–H and O–H groups in total. The zero-order chi connectivity index (χ0) is 14.5. The molecule has 0 radical (unpaired) electrons. The van der Waals surface area contributed by atoms with E-state index in [4.69, 9.17) is 0 Å². The molecule has 0 saturated heterocycles. The molecule has 0 spiro atoms. The fourth-order valence-electron chi connectivity index (χ4n) is 2.42. The number of nitrogens with zero attached hydrogens (tertiary/aromatic N) is 2. The van der Waals surface area contributed by atoms with Gasteiger partial charge in [-0.25, -0.2) is 0 Å². The fraction of sp³-hybridized carbons (Fsp3) is 0.471. The second-order valence-electron chi connectivity index (χ2n) is 5.11. The van der Waals surface area contributed by atoms with E-state index in [1.54, 1.807) is 0 Å². The molecule has 1 atom stereocenters. The quantitative estimate of drug-likeness (QED) is 0.876. The monoisotopic (exact) mass is 272 g/mol. The summed E-state index contributed by atoms with van der Waals surface area (Å²) in [5.41, 5.74) is 4.48. The number of aromatic nitrogens is 2. The third-order valence-corrected chi connectivity index (χ3v) is 3.75. The lowest BCUT2D eigenvalue weighted by atomic mass is 10.0. The third kappa shape index (κ3) is 3.28. The second-order valence-corrected chi connectivity index (χ2v) is 5.11. The number of benzene rings is 1. The molecule has 0 aliphatic rings. The van der Waals surface area contributed by atoms with Crippen LogP contribution in [0.1, 0.15) is 49.4 Å². The minimum absolute atomic E-state index is 0.465. The number of hydrogen-bond acceptors (Lipinski definition) is 2. The van der Waals surface area contributed by atoms with Gasteiger partial charge in [0, 0.05) is 18.7 Å². The van der Waals surface area contributed by atoms with Crippen LogP contribution < -0.4 is 0 Å². The molecule has 20 heavy (non-hydrogen) atoms. The van der Waals surface area contributed by atoms with E-state index < -0.39 is 6.10 Å². The first-order chi connectivity index (χ1) is 9.67. The van der Waals surface area contributed by atoms with E-state index in [9.17, 15) is 5.11 Å². The first-order valence-corrected chi connectivity index (χ1v) is 7.50. The van der Waals surface area contributed by atoms with Crippen LogP contribution in [0.5, 0.6) is 0 Å². The van der Waals surface area contributed by atoms with E-state index in [1.807, 2.05) is 16.8 Å². The normalized spacial score (nSPS) is 12.6. The average molecular weight is 272 g/mol. The van der Waals surface area contributed by atoms with Gasteiger partial charge in [-0.3, -0.25) is 4.68 Å². The summed E-state index contributed by atoms with van der Waals surface area (Å²) in [5, 5.41) is 14.9. The van der Waals surface area contributed by atoms with Crippen LogP contribution >= 0.6 is 0 Å². The van der Waals surface area contributed by atoms with Crippen molar-refractivity contribution in [3.63, 3.8) is 0 Å². The van der Waals surface area contributed by atoms with Gasteiger partial charge in [0.1, 0.15) is 0 Å². The molecule has 0 aliphatic heterocycles. The molecule has 0 bridgehead atoms. The largest absolute Gasteiger partial charge is 0.388 e. The van der Waals surface area contributed by atoms with Crippen LogP contribution in [0.15, 0.2) is 30.3 Å². The van der Waals surface area contributed by atoms with E-state index in [-0.39, 0.29) is 0 Å². The molecule has 3 heteroatoms. The molecule has 3 nitrogen and oxygen atoms in total. The van der Waals surface area contributed by atoms with Crippen molar-refractivity contribution in [2.45, 2.75) is 52.7 Å². The minimum atomic E-state index is -0.465. The molecule has 0 amide bonds. The van der Waals surface area contributed by atoms with Crippen LogP contribution in [-0.2, 0) is 25.8 Å². The van der Waals surface area contributed by atoms with Gasteiger partial charge in [0.2, 0.25) is 0 Å². The molecule has 1 aromatic heterocycles. The van der Waals surface area contributed by atoms with Crippen molar-refractivity contribution in [1.82, 2.24) is 9.78 Å². The molecule has 1 heterocycles. The number of aryl methyl sites for hydroxylation is 3. The molecule has 1 unspecified atom stereocenters. The van der Waals surface area contributed by atoms with Crippen LogP contribution in [0.25, 0.3) is 0 Å². The molecule has 0 saturated carbocycles. The van der Waals surface area contributed by atoms with Gasteiger partial charge < -0.3 is 5.11 Å². The Morgan fingerprint density at radius 1 is 1.10 bits per heavy atom. The van der Waals surface area contributed by atoms with Gasteiger partial charge in [0.15, 0.2) is 0 Å². The molecule has 0 fully saturated rings. The first kappa shape index (κ1) is 14.8. The number of rotatable bonds is 6. The molecule has 0 aliphatic carbocycles. The zero-order valence-corrected chi connectivity index (χ0v) is 12.6. The number of aliphatic hydroxyl groups is 1. The highest BCUT2D eigenvalue weighted by Crippen LogP contribution is 2.20. The number of hydrogen-bond donors (Lipinski definition) is 1. The smallest absolute Gasteiger partial charge is 0.0845 e. The summed E-state index contributed by atoms with van der Waals surface area (Å²) in [7, 11) is 0. The zero-order valence-electron chi connectivity index (χ0n) is 12.6. The molecular formula is C17H24N2O. The lowest BCUT2D eigenvalue weighted by molar-refractivity contribution is 0.175. The maximum absolute atomic E-state index is 10.4. The molecular weight excluding hydrogens is 248 g/mol. The average Bonchev–Trinajstić information content (AvgIpc) is 2.89. The third-order valence-electron chi connectivity index (χ3n) is 3.75. The minimum Gasteiger partial charge on any atom is -0.388 e. The van der Waals surface area contributed by atoms with Crippen molar-refractivity contribution in [2.75, 3.05) is 0 Å². The van der Waals surface area contributed by atoms with Crippen molar-refractivity contribution >= 4 is 0 Å². The van der Waals surface area contributed by atoms with Crippen LogP contribution in [0, 0.1) is 0 Å². The Labute approximate surface area is 121 Å². The van der Waals surface area contributed by atoms with Crippen LogP contribution in [0.3, 0.4) is 0 Å².